The van der Waals surface area contributed by atoms with E-state index in [2.05, 4.69) is 20.3 Å². The van der Waals surface area contributed by atoms with Gasteiger partial charge in [0.15, 0.2) is 0 Å². The topological polar surface area (TPSA) is 71.0 Å². The van der Waals surface area contributed by atoms with Crippen LogP contribution in [0.3, 0.4) is 0 Å². The minimum atomic E-state index is -0.144. The summed E-state index contributed by atoms with van der Waals surface area (Å²) in [4.78, 5) is 24.3. The van der Waals surface area contributed by atoms with E-state index in [-0.39, 0.29) is 29.0 Å². The van der Waals surface area contributed by atoms with E-state index < -0.39 is 0 Å². The Labute approximate surface area is 103 Å². The molecule has 1 amide bonds. The van der Waals surface area contributed by atoms with Crippen molar-refractivity contribution < 1.29 is 4.79 Å². The third-order valence-corrected chi connectivity index (χ3v) is 2.18. The Morgan fingerprint density at radius 2 is 1.88 bits per heavy atom. The lowest BCUT2D eigenvalue weighted by atomic mass is 10.5. The van der Waals surface area contributed by atoms with Crippen molar-refractivity contribution in [3.63, 3.8) is 0 Å². The van der Waals surface area contributed by atoms with Crippen molar-refractivity contribution in [2.45, 2.75) is 6.92 Å². The number of carbonyl (C=O) groups is 1. The van der Waals surface area contributed by atoms with Gasteiger partial charge in [-0.25, -0.2) is 0 Å². The minimum Gasteiger partial charge on any atom is -0.358 e. The zero-order valence-corrected chi connectivity index (χ0v) is 10.4. The summed E-state index contributed by atoms with van der Waals surface area (Å²) >= 11 is 11.3. The number of anilines is 1. The lowest BCUT2D eigenvalue weighted by Crippen LogP contribution is -2.36. The van der Waals surface area contributed by atoms with Crippen LogP contribution in [-0.4, -0.2) is 41.0 Å². The van der Waals surface area contributed by atoms with Gasteiger partial charge in [-0.15, -0.1) is 0 Å². The van der Waals surface area contributed by atoms with Crippen LogP contribution in [0.4, 0.5) is 5.95 Å². The van der Waals surface area contributed by atoms with Crippen LogP contribution in [0.1, 0.15) is 6.92 Å². The molecule has 0 aliphatic heterocycles. The third kappa shape index (κ3) is 3.46. The molecule has 1 aromatic heterocycles. The molecule has 0 saturated carbocycles. The van der Waals surface area contributed by atoms with Crippen LogP contribution in [0.25, 0.3) is 0 Å². The molecular weight excluding hydrogens is 253 g/mol. The Bertz CT molecular complexity index is 366. The molecule has 8 heteroatoms. The standard InChI is InChI=1S/C8H11Cl2N5O/c1-3-15(4-5(16)11-2)8-13-6(9)12-7(10)14-8/h3-4H2,1-2H3,(H,11,16). The molecule has 0 saturated heterocycles. The molecule has 0 fully saturated rings. The number of likely N-dealkylation sites (N-methyl/N-ethyl adjacent to an activating group) is 2. The van der Waals surface area contributed by atoms with Gasteiger partial charge >= 0.3 is 0 Å². The summed E-state index contributed by atoms with van der Waals surface area (Å²) in [5.74, 6) is 0.144. The Hall–Kier alpha value is -1.14. The normalized spacial score (nSPS) is 10.0. The first kappa shape index (κ1) is 12.9. The predicted molar refractivity (Wildman–Crippen MR) is 61.8 cm³/mol. The van der Waals surface area contributed by atoms with Crippen molar-refractivity contribution >= 4 is 35.1 Å². The second-order valence-corrected chi connectivity index (χ2v) is 3.54. The molecule has 0 unspecified atom stereocenters. The molecule has 1 aromatic rings. The van der Waals surface area contributed by atoms with Crippen LogP contribution in [0.2, 0.25) is 10.6 Å². The summed E-state index contributed by atoms with van der Waals surface area (Å²) in [6, 6.07) is 0. The average molecular weight is 264 g/mol. The smallest absolute Gasteiger partial charge is 0.239 e. The van der Waals surface area contributed by atoms with Crippen molar-refractivity contribution in [2.24, 2.45) is 0 Å². The van der Waals surface area contributed by atoms with Crippen molar-refractivity contribution in [1.82, 2.24) is 20.3 Å². The molecule has 1 N–H and O–H groups in total. The summed E-state index contributed by atoms with van der Waals surface area (Å²) < 4.78 is 0. The zero-order valence-electron chi connectivity index (χ0n) is 8.87. The molecule has 0 aromatic carbocycles. The maximum Gasteiger partial charge on any atom is 0.239 e. The lowest BCUT2D eigenvalue weighted by Gasteiger charge is -2.19. The summed E-state index contributed by atoms with van der Waals surface area (Å²) in [6.07, 6.45) is 0. The van der Waals surface area contributed by atoms with Crippen molar-refractivity contribution in [3.05, 3.63) is 10.6 Å². The Kier molecular flexibility index (Phi) is 4.70. The number of nitrogens with one attached hydrogen (secondary N) is 1. The first-order valence-corrected chi connectivity index (χ1v) is 5.35. The number of amides is 1. The van der Waals surface area contributed by atoms with Gasteiger partial charge in [0.1, 0.15) is 0 Å². The molecule has 0 aliphatic rings. The Morgan fingerprint density at radius 3 is 2.31 bits per heavy atom. The highest BCUT2D eigenvalue weighted by Crippen LogP contribution is 2.13. The largest absolute Gasteiger partial charge is 0.358 e. The van der Waals surface area contributed by atoms with Crippen LogP contribution in [0.5, 0.6) is 0 Å². The summed E-state index contributed by atoms with van der Waals surface area (Å²) in [7, 11) is 1.56. The van der Waals surface area contributed by atoms with Crippen molar-refractivity contribution in [2.75, 3.05) is 25.0 Å². The first-order valence-electron chi connectivity index (χ1n) is 4.59. The number of nitrogens with zero attached hydrogens (tertiary/aromatic N) is 4. The first-order chi connectivity index (χ1) is 7.56. The molecular formula is C8H11Cl2N5O. The maximum absolute atomic E-state index is 11.2. The fraction of sp³-hybridized carbons (Fsp3) is 0.500. The molecule has 0 radical (unpaired) electrons. The summed E-state index contributed by atoms with van der Waals surface area (Å²) in [5.41, 5.74) is 0. The molecule has 0 spiro atoms. The van der Waals surface area contributed by atoms with E-state index in [0.29, 0.717) is 6.54 Å². The number of hydrogen-bond acceptors (Lipinski definition) is 5. The number of aromatic nitrogens is 3. The van der Waals surface area contributed by atoms with Crippen LogP contribution < -0.4 is 10.2 Å². The Balaban J connectivity index is 2.90. The molecule has 16 heavy (non-hydrogen) atoms. The number of rotatable bonds is 4. The monoisotopic (exact) mass is 263 g/mol. The van der Waals surface area contributed by atoms with Crippen LogP contribution in [0.15, 0.2) is 0 Å². The van der Waals surface area contributed by atoms with E-state index in [4.69, 9.17) is 23.2 Å². The van der Waals surface area contributed by atoms with Crippen LogP contribution in [-0.2, 0) is 4.79 Å². The SMILES string of the molecule is CCN(CC(=O)NC)c1nc(Cl)nc(Cl)n1. The van der Waals surface area contributed by atoms with Crippen molar-refractivity contribution in [3.8, 4) is 0 Å². The van der Waals surface area contributed by atoms with Gasteiger partial charge in [-0.3, -0.25) is 4.79 Å². The van der Waals surface area contributed by atoms with Gasteiger partial charge in [0.05, 0.1) is 6.54 Å². The van der Waals surface area contributed by atoms with Gasteiger partial charge in [0, 0.05) is 13.6 Å². The highest BCUT2D eigenvalue weighted by atomic mass is 35.5. The molecule has 0 bridgehead atoms. The highest BCUT2D eigenvalue weighted by Gasteiger charge is 2.13. The average Bonchev–Trinajstić information content (AvgIpc) is 2.24. The van der Waals surface area contributed by atoms with E-state index in [1.54, 1.807) is 11.9 Å². The molecule has 0 atom stereocenters. The third-order valence-electron chi connectivity index (χ3n) is 1.85. The highest BCUT2D eigenvalue weighted by molar-refractivity contribution is 6.31. The van der Waals surface area contributed by atoms with E-state index in [9.17, 15) is 4.79 Å². The number of carbonyl (C=O) groups excluding carboxylic acids is 1. The molecule has 6 nitrogen and oxygen atoms in total. The molecule has 0 aliphatic carbocycles. The fourth-order valence-corrected chi connectivity index (χ4v) is 1.39. The van der Waals surface area contributed by atoms with Crippen molar-refractivity contribution in [1.29, 1.82) is 0 Å². The van der Waals surface area contributed by atoms with Gasteiger partial charge in [0.2, 0.25) is 22.4 Å². The summed E-state index contributed by atoms with van der Waals surface area (Å²) in [5, 5.41) is 2.52. The van der Waals surface area contributed by atoms with Crippen LogP contribution in [0, 0.1) is 0 Å². The quantitative estimate of drug-likeness (QED) is 0.868. The van der Waals surface area contributed by atoms with E-state index in [0.717, 1.165) is 0 Å². The second-order valence-electron chi connectivity index (χ2n) is 2.86. The Morgan fingerprint density at radius 1 is 1.31 bits per heavy atom. The van der Waals surface area contributed by atoms with E-state index in [1.165, 1.54) is 0 Å². The van der Waals surface area contributed by atoms with Gasteiger partial charge in [-0.1, -0.05) is 0 Å². The summed E-state index contributed by atoms with van der Waals surface area (Å²) in [6.45, 7) is 2.57. The van der Waals surface area contributed by atoms with Gasteiger partial charge in [-0.2, -0.15) is 15.0 Å². The molecule has 88 valence electrons. The fourth-order valence-electron chi connectivity index (χ4n) is 1.03. The van der Waals surface area contributed by atoms with Gasteiger partial charge in [0.25, 0.3) is 0 Å². The van der Waals surface area contributed by atoms with Gasteiger partial charge < -0.3 is 10.2 Å². The number of hydrogen-bond donors (Lipinski definition) is 1. The lowest BCUT2D eigenvalue weighted by molar-refractivity contribution is -0.119. The number of halogens is 2. The molecule has 1 heterocycles. The van der Waals surface area contributed by atoms with E-state index in [1.807, 2.05) is 6.92 Å². The minimum absolute atomic E-state index is 0.00496. The van der Waals surface area contributed by atoms with Gasteiger partial charge in [-0.05, 0) is 30.1 Å². The van der Waals surface area contributed by atoms with E-state index >= 15 is 0 Å². The maximum atomic E-state index is 11.2. The zero-order chi connectivity index (χ0) is 12.1. The molecule has 1 rings (SSSR count). The van der Waals surface area contributed by atoms with Crippen LogP contribution >= 0.6 is 23.2 Å². The second kappa shape index (κ2) is 5.81. The predicted octanol–water partition coefficient (Wildman–Crippen LogP) is 0.751.